The first-order valence-electron chi connectivity index (χ1n) is 8.93. The van der Waals surface area contributed by atoms with Crippen LogP contribution in [0.1, 0.15) is 36.7 Å². The molecule has 1 saturated heterocycles. The lowest BCUT2D eigenvalue weighted by Gasteiger charge is -2.30. The van der Waals surface area contributed by atoms with Gasteiger partial charge in [-0.2, -0.15) is 21.9 Å². The summed E-state index contributed by atoms with van der Waals surface area (Å²) in [6.45, 7) is 7.80. The molecule has 0 aliphatic carbocycles. The van der Waals surface area contributed by atoms with Gasteiger partial charge in [-0.1, -0.05) is 24.6 Å². The number of sulfonamides is 1. The monoisotopic (exact) mass is 411 g/mol. The van der Waals surface area contributed by atoms with E-state index in [1.807, 2.05) is 13.8 Å². The van der Waals surface area contributed by atoms with Crippen LogP contribution in [-0.2, 0) is 20.0 Å². The number of rotatable bonds is 4. The highest BCUT2D eigenvalue weighted by atomic mass is 32.2. The molecule has 7 nitrogen and oxygen atoms in total. The van der Waals surface area contributed by atoms with Crippen LogP contribution in [-0.4, -0.2) is 43.4 Å². The molecule has 0 saturated carbocycles. The topological polar surface area (TPSA) is 89.3 Å². The number of nitrogens with zero attached hydrogens (tertiary/aromatic N) is 3. The molecule has 148 valence electrons. The third kappa shape index (κ3) is 3.55. The summed E-state index contributed by atoms with van der Waals surface area (Å²) in [5.74, 6) is 0.278. The molecule has 9 heteroatoms. The molecule has 0 amide bonds. The average molecular weight is 412 g/mol. The van der Waals surface area contributed by atoms with Gasteiger partial charge in [-0.3, -0.25) is 0 Å². The van der Waals surface area contributed by atoms with E-state index in [4.69, 9.17) is 0 Å². The molecule has 0 bridgehead atoms. The molecule has 2 heterocycles. The molecule has 1 aliphatic rings. The van der Waals surface area contributed by atoms with Crippen molar-refractivity contribution in [2.75, 3.05) is 13.1 Å². The Morgan fingerprint density at radius 3 is 2.22 bits per heavy atom. The SMILES string of the molecule is Cc1ccc(S(=O)(=O)n2nc(C)c(S(=O)(=O)N3CCC[C@@H](C)C3)c2C)cc1. The van der Waals surface area contributed by atoms with Crippen LogP contribution in [0, 0.1) is 26.7 Å². The second-order valence-corrected chi connectivity index (χ2v) is 10.9. The second kappa shape index (κ2) is 7.03. The second-order valence-electron chi connectivity index (χ2n) is 7.27. The summed E-state index contributed by atoms with van der Waals surface area (Å²) in [7, 11) is -7.77. The summed E-state index contributed by atoms with van der Waals surface area (Å²) in [5.41, 5.74) is 1.25. The number of aryl methyl sites for hydroxylation is 2. The van der Waals surface area contributed by atoms with Crippen molar-refractivity contribution in [1.29, 1.82) is 0 Å². The Kier molecular flexibility index (Phi) is 5.22. The maximum Gasteiger partial charge on any atom is 0.283 e. The van der Waals surface area contributed by atoms with Crippen molar-refractivity contribution in [3.05, 3.63) is 41.2 Å². The Morgan fingerprint density at radius 1 is 1.00 bits per heavy atom. The standard InChI is InChI=1S/C18H25N3O4S2/c1-13-7-9-17(10-8-13)26(22,23)21-16(4)18(15(3)19-21)27(24,25)20-11-5-6-14(2)12-20/h7-10,14H,5-6,11-12H2,1-4H3/t14-/m1/s1. The van der Waals surface area contributed by atoms with Gasteiger partial charge in [0.25, 0.3) is 10.0 Å². The minimum atomic E-state index is -3.97. The van der Waals surface area contributed by atoms with Crippen LogP contribution in [0.25, 0.3) is 0 Å². The fourth-order valence-electron chi connectivity index (χ4n) is 3.52. The minimum absolute atomic E-state index is 0.00714. The van der Waals surface area contributed by atoms with Gasteiger partial charge in [-0.05, 0) is 51.7 Å². The third-order valence-corrected chi connectivity index (χ3v) is 8.75. The molecule has 1 aromatic carbocycles. The van der Waals surface area contributed by atoms with Gasteiger partial charge in [-0.25, -0.2) is 8.42 Å². The Balaban J connectivity index is 2.08. The quantitative estimate of drug-likeness (QED) is 0.771. The zero-order chi connectivity index (χ0) is 20.0. The van der Waals surface area contributed by atoms with E-state index >= 15 is 0 Å². The fraction of sp³-hybridized carbons (Fsp3) is 0.500. The molecule has 1 aliphatic heterocycles. The summed E-state index contributed by atoms with van der Waals surface area (Å²) in [6.07, 6.45) is 1.79. The fourth-order valence-corrected chi connectivity index (χ4v) is 6.89. The van der Waals surface area contributed by atoms with Crippen LogP contribution in [0.5, 0.6) is 0 Å². The van der Waals surface area contributed by atoms with E-state index in [0.29, 0.717) is 13.1 Å². The zero-order valence-corrected chi connectivity index (χ0v) is 17.6. The summed E-state index contributed by atoms with van der Waals surface area (Å²) in [4.78, 5) is 0.0709. The smallest absolute Gasteiger partial charge is 0.207 e. The van der Waals surface area contributed by atoms with Crippen molar-refractivity contribution in [2.45, 2.75) is 50.3 Å². The maximum atomic E-state index is 13.2. The molecule has 27 heavy (non-hydrogen) atoms. The lowest BCUT2D eigenvalue weighted by atomic mass is 10.0. The lowest BCUT2D eigenvalue weighted by molar-refractivity contribution is 0.281. The minimum Gasteiger partial charge on any atom is -0.207 e. The van der Waals surface area contributed by atoms with Gasteiger partial charge in [0.15, 0.2) is 0 Å². The molecular formula is C18H25N3O4S2. The molecule has 0 radical (unpaired) electrons. The summed E-state index contributed by atoms with van der Waals surface area (Å²) < 4.78 is 54.6. The van der Waals surface area contributed by atoms with Gasteiger partial charge < -0.3 is 0 Å². The van der Waals surface area contributed by atoms with Crippen molar-refractivity contribution in [3.63, 3.8) is 0 Å². The third-order valence-electron chi connectivity index (χ3n) is 4.95. The van der Waals surface area contributed by atoms with E-state index in [0.717, 1.165) is 22.5 Å². The predicted molar refractivity (Wildman–Crippen MR) is 103 cm³/mol. The van der Waals surface area contributed by atoms with E-state index in [1.54, 1.807) is 12.1 Å². The van der Waals surface area contributed by atoms with Crippen molar-refractivity contribution in [1.82, 2.24) is 13.5 Å². The molecule has 0 N–H and O–H groups in total. The highest BCUT2D eigenvalue weighted by Gasteiger charge is 2.35. The van der Waals surface area contributed by atoms with Crippen molar-refractivity contribution in [3.8, 4) is 0 Å². The van der Waals surface area contributed by atoms with Gasteiger partial charge in [0.1, 0.15) is 4.90 Å². The van der Waals surface area contributed by atoms with Gasteiger partial charge in [0.05, 0.1) is 16.3 Å². The normalized spacial score (nSPS) is 19.3. The maximum absolute atomic E-state index is 13.2. The van der Waals surface area contributed by atoms with Gasteiger partial charge in [-0.15, -0.1) is 0 Å². The van der Waals surface area contributed by atoms with E-state index in [2.05, 4.69) is 5.10 Å². The lowest BCUT2D eigenvalue weighted by Crippen LogP contribution is -2.39. The number of aromatic nitrogens is 2. The zero-order valence-electron chi connectivity index (χ0n) is 16.0. The Labute approximate surface area is 161 Å². The van der Waals surface area contributed by atoms with E-state index in [-0.39, 0.29) is 27.1 Å². The molecule has 2 aromatic rings. The van der Waals surface area contributed by atoms with Crippen molar-refractivity contribution >= 4 is 20.0 Å². The molecule has 1 aromatic heterocycles. The Hall–Kier alpha value is -1.71. The molecular weight excluding hydrogens is 386 g/mol. The summed E-state index contributed by atoms with van der Waals surface area (Å²) >= 11 is 0. The first-order chi connectivity index (χ1) is 12.5. The van der Waals surface area contributed by atoms with E-state index in [1.165, 1.54) is 30.3 Å². The molecule has 0 unspecified atom stereocenters. The predicted octanol–water partition coefficient (Wildman–Crippen LogP) is 2.47. The molecule has 1 atom stereocenters. The number of piperidine rings is 1. The van der Waals surface area contributed by atoms with Crippen LogP contribution in [0.3, 0.4) is 0 Å². The van der Waals surface area contributed by atoms with Crippen molar-refractivity contribution in [2.24, 2.45) is 5.92 Å². The molecule has 0 spiro atoms. The first-order valence-corrected chi connectivity index (χ1v) is 11.8. The summed E-state index contributed by atoms with van der Waals surface area (Å²) in [6, 6.07) is 6.40. The Bertz CT molecular complexity index is 1050. The Morgan fingerprint density at radius 2 is 1.63 bits per heavy atom. The van der Waals surface area contributed by atoms with Crippen LogP contribution in [0.15, 0.2) is 34.1 Å². The van der Waals surface area contributed by atoms with Gasteiger partial charge in [0.2, 0.25) is 10.0 Å². The van der Waals surface area contributed by atoms with Crippen LogP contribution < -0.4 is 0 Å². The largest absolute Gasteiger partial charge is 0.283 e. The number of hydrogen-bond acceptors (Lipinski definition) is 5. The molecule has 3 rings (SSSR count). The molecule has 1 fully saturated rings. The van der Waals surface area contributed by atoms with E-state index < -0.39 is 20.0 Å². The van der Waals surface area contributed by atoms with Crippen LogP contribution >= 0.6 is 0 Å². The highest BCUT2D eigenvalue weighted by Crippen LogP contribution is 2.29. The van der Waals surface area contributed by atoms with Crippen molar-refractivity contribution < 1.29 is 16.8 Å². The average Bonchev–Trinajstić information content (AvgIpc) is 2.91. The first kappa shape index (κ1) is 20.0. The number of benzene rings is 1. The highest BCUT2D eigenvalue weighted by molar-refractivity contribution is 7.90. The van der Waals surface area contributed by atoms with Crippen LogP contribution in [0.4, 0.5) is 0 Å². The van der Waals surface area contributed by atoms with Crippen LogP contribution in [0.2, 0.25) is 0 Å². The van der Waals surface area contributed by atoms with E-state index in [9.17, 15) is 16.8 Å². The van der Waals surface area contributed by atoms with Gasteiger partial charge in [0, 0.05) is 13.1 Å². The number of hydrogen-bond donors (Lipinski definition) is 0. The summed E-state index contributed by atoms with van der Waals surface area (Å²) in [5, 5.41) is 4.08. The van der Waals surface area contributed by atoms with Gasteiger partial charge >= 0.3 is 0 Å².